The average Bonchev–Trinajstić information content (AvgIpc) is 2.91. The highest BCUT2D eigenvalue weighted by Gasteiger charge is 2.20. The minimum Gasteiger partial charge on any atom is -0.480 e. The molecule has 0 radical (unpaired) electrons. The standard InChI is InChI=1S/C14H25N3O3/c1-3-6-12(13(18)19)16-14(20)15-9-10-17(2)11-7-4-5-8-11/h3,11-12H,1,4-10H2,2H3,(H,18,19)(H2,15,16,20). The zero-order valence-corrected chi connectivity index (χ0v) is 12.1. The molecule has 0 bridgehead atoms. The Bertz CT molecular complexity index is 341. The Balaban J connectivity index is 2.21. The highest BCUT2D eigenvalue weighted by molar-refractivity contribution is 5.82. The Morgan fingerprint density at radius 1 is 1.45 bits per heavy atom. The first-order valence-electron chi connectivity index (χ1n) is 7.13. The lowest BCUT2D eigenvalue weighted by molar-refractivity contribution is -0.139. The van der Waals surface area contributed by atoms with Crippen LogP contribution in [0.4, 0.5) is 4.79 Å². The van der Waals surface area contributed by atoms with Gasteiger partial charge in [-0.3, -0.25) is 0 Å². The topological polar surface area (TPSA) is 81.7 Å². The van der Waals surface area contributed by atoms with E-state index in [2.05, 4.69) is 29.2 Å². The molecule has 1 aliphatic rings. The fraction of sp³-hybridized carbons (Fsp3) is 0.714. The van der Waals surface area contributed by atoms with Crippen LogP contribution < -0.4 is 10.6 Å². The molecule has 0 aliphatic heterocycles. The molecular formula is C14H25N3O3. The lowest BCUT2D eigenvalue weighted by Crippen LogP contribution is -2.47. The van der Waals surface area contributed by atoms with Gasteiger partial charge in [-0.1, -0.05) is 18.9 Å². The molecule has 1 saturated carbocycles. The van der Waals surface area contributed by atoms with Gasteiger partial charge in [-0.15, -0.1) is 6.58 Å². The average molecular weight is 283 g/mol. The number of carbonyl (C=O) groups is 2. The van der Waals surface area contributed by atoms with Crippen LogP contribution in [0.15, 0.2) is 12.7 Å². The van der Waals surface area contributed by atoms with Crippen molar-refractivity contribution in [2.45, 2.75) is 44.2 Å². The molecule has 0 aromatic carbocycles. The molecule has 1 atom stereocenters. The van der Waals surface area contributed by atoms with Crippen molar-refractivity contribution in [1.82, 2.24) is 15.5 Å². The Morgan fingerprint density at radius 2 is 2.10 bits per heavy atom. The van der Waals surface area contributed by atoms with E-state index in [1.54, 1.807) is 0 Å². The normalized spacial score (nSPS) is 16.9. The summed E-state index contributed by atoms with van der Waals surface area (Å²) in [4.78, 5) is 24.7. The molecule has 0 aromatic heterocycles. The second-order valence-electron chi connectivity index (χ2n) is 5.23. The van der Waals surface area contributed by atoms with Crippen molar-refractivity contribution < 1.29 is 14.7 Å². The summed E-state index contributed by atoms with van der Waals surface area (Å²) in [5.74, 6) is -1.05. The van der Waals surface area contributed by atoms with Crippen LogP contribution >= 0.6 is 0 Å². The third-order valence-electron chi connectivity index (χ3n) is 3.70. The van der Waals surface area contributed by atoms with Crippen LogP contribution in [-0.4, -0.2) is 54.2 Å². The SMILES string of the molecule is C=CCC(NC(=O)NCCN(C)C1CCCC1)C(=O)O. The number of nitrogens with one attached hydrogen (secondary N) is 2. The molecule has 0 spiro atoms. The van der Waals surface area contributed by atoms with Crippen molar-refractivity contribution in [2.75, 3.05) is 20.1 Å². The maximum Gasteiger partial charge on any atom is 0.326 e. The maximum absolute atomic E-state index is 11.6. The number of hydrogen-bond donors (Lipinski definition) is 3. The van der Waals surface area contributed by atoms with Gasteiger partial charge < -0.3 is 20.6 Å². The van der Waals surface area contributed by atoms with Gasteiger partial charge in [-0.05, 0) is 26.3 Å². The summed E-state index contributed by atoms with van der Waals surface area (Å²) in [6, 6.07) is -0.744. The van der Waals surface area contributed by atoms with E-state index in [0.717, 1.165) is 6.54 Å². The van der Waals surface area contributed by atoms with E-state index in [4.69, 9.17) is 5.11 Å². The number of amides is 2. The van der Waals surface area contributed by atoms with Gasteiger partial charge >= 0.3 is 12.0 Å². The highest BCUT2D eigenvalue weighted by Crippen LogP contribution is 2.21. The van der Waals surface area contributed by atoms with Gasteiger partial charge in [0.2, 0.25) is 0 Å². The summed E-state index contributed by atoms with van der Waals surface area (Å²) in [6.07, 6.45) is 6.71. The van der Waals surface area contributed by atoms with Gasteiger partial charge in [-0.2, -0.15) is 0 Å². The molecule has 1 aliphatic carbocycles. The number of rotatable bonds is 8. The fourth-order valence-corrected chi connectivity index (χ4v) is 2.47. The van der Waals surface area contributed by atoms with Crippen LogP contribution in [0.1, 0.15) is 32.1 Å². The Morgan fingerprint density at radius 3 is 2.65 bits per heavy atom. The number of nitrogens with zero attached hydrogens (tertiary/aromatic N) is 1. The number of likely N-dealkylation sites (N-methyl/N-ethyl adjacent to an activating group) is 1. The number of hydrogen-bond acceptors (Lipinski definition) is 3. The Labute approximate surface area is 120 Å². The summed E-state index contributed by atoms with van der Waals surface area (Å²) in [7, 11) is 2.06. The minimum atomic E-state index is -1.05. The van der Waals surface area contributed by atoms with E-state index in [0.29, 0.717) is 12.6 Å². The third kappa shape index (κ3) is 5.61. The second-order valence-corrected chi connectivity index (χ2v) is 5.23. The number of urea groups is 1. The first kappa shape index (κ1) is 16.5. The number of carbonyl (C=O) groups excluding carboxylic acids is 1. The predicted molar refractivity (Wildman–Crippen MR) is 77.7 cm³/mol. The number of aliphatic carboxylic acids is 1. The van der Waals surface area contributed by atoms with Gasteiger partial charge in [0, 0.05) is 19.1 Å². The first-order valence-corrected chi connectivity index (χ1v) is 7.13. The van der Waals surface area contributed by atoms with Gasteiger partial charge in [0.15, 0.2) is 0 Å². The molecule has 1 fully saturated rings. The largest absolute Gasteiger partial charge is 0.480 e. The molecule has 6 heteroatoms. The maximum atomic E-state index is 11.6. The fourth-order valence-electron chi connectivity index (χ4n) is 2.47. The predicted octanol–water partition coefficient (Wildman–Crippen LogP) is 1.19. The van der Waals surface area contributed by atoms with E-state index in [9.17, 15) is 9.59 Å². The lowest BCUT2D eigenvalue weighted by Gasteiger charge is -2.24. The quantitative estimate of drug-likeness (QED) is 0.584. The number of carboxylic acid groups (broad SMARTS) is 1. The second kappa shape index (κ2) is 8.58. The van der Waals surface area contributed by atoms with Crippen molar-refractivity contribution in [1.29, 1.82) is 0 Å². The van der Waals surface area contributed by atoms with Gasteiger partial charge in [-0.25, -0.2) is 9.59 Å². The first-order chi connectivity index (χ1) is 9.54. The molecule has 20 heavy (non-hydrogen) atoms. The molecule has 1 unspecified atom stereocenters. The summed E-state index contributed by atoms with van der Waals surface area (Å²) in [5.41, 5.74) is 0. The number of carboxylic acids is 1. The zero-order valence-electron chi connectivity index (χ0n) is 12.1. The summed E-state index contributed by atoms with van der Waals surface area (Å²) >= 11 is 0. The molecular weight excluding hydrogens is 258 g/mol. The van der Waals surface area contributed by atoms with E-state index in [-0.39, 0.29) is 6.42 Å². The zero-order chi connectivity index (χ0) is 15.0. The molecule has 2 amide bonds. The molecule has 114 valence electrons. The van der Waals surface area contributed by atoms with Gasteiger partial charge in [0.1, 0.15) is 6.04 Å². The van der Waals surface area contributed by atoms with E-state index < -0.39 is 18.0 Å². The van der Waals surface area contributed by atoms with Crippen LogP contribution in [0, 0.1) is 0 Å². The van der Waals surface area contributed by atoms with Crippen molar-refractivity contribution in [3.8, 4) is 0 Å². The minimum absolute atomic E-state index is 0.213. The summed E-state index contributed by atoms with van der Waals surface area (Å²) in [5, 5.41) is 14.0. The Hall–Kier alpha value is -1.56. The summed E-state index contributed by atoms with van der Waals surface area (Å²) in [6.45, 7) is 4.77. The molecule has 0 aromatic rings. The Kier molecular flexibility index (Phi) is 7.08. The van der Waals surface area contributed by atoms with Gasteiger partial charge in [0.05, 0.1) is 0 Å². The van der Waals surface area contributed by atoms with Crippen molar-refractivity contribution >= 4 is 12.0 Å². The van der Waals surface area contributed by atoms with Crippen LogP contribution in [-0.2, 0) is 4.79 Å². The third-order valence-corrected chi connectivity index (χ3v) is 3.70. The van der Waals surface area contributed by atoms with E-state index in [1.165, 1.54) is 31.8 Å². The van der Waals surface area contributed by atoms with Crippen molar-refractivity contribution in [3.63, 3.8) is 0 Å². The van der Waals surface area contributed by atoms with Crippen LogP contribution in [0.5, 0.6) is 0 Å². The van der Waals surface area contributed by atoms with Crippen molar-refractivity contribution in [3.05, 3.63) is 12.7 Å². The monoisotopic (exact) mass is 283 g/mol. The lowest BCUT2D eigenvalue weighted by atomic mass is 10.2. The van der Waals surface area contributed by atoms with Crippen LogP contribution in [0.2, 0.25) is 0 Å². The van der Waals surface area contributed by atoms with Crippen LogP contribution in [0.3, 0.4) is 0 Å². The van der Waals surface area contributed by atoms with Gasteiger partial charge in [0.25, 0.3) is 0 Å². The smallest absolute Gasteiger partial charge is 0.326 e. The van der Waals surface area contributed by atoms with E-state index >= 15 is 0 Å². The van der Waals surface area contributed by atoms with Crippen molar-refractivity contribution in [2.24, 2.45) is 0 Å². The molecule has 1 rings (SSSR count). The molecule has 0 saturated heterocycles. The summed E-state index contributed by atoms with van der Waals surface area (Å²) < 4.78 is 0. The molecule has 6 nitrogen and oxygen atoms in total. The molecule has 0 heterocycles. The van der Waals surface area contributed by atoms with E-state index in [1.807, 2.05) is 0 Å². The highest BCUT2D eigenvalue weighted by atomic mass is 16.4. The molecule has 3 N–H and O–H groups in total. The van der Waals surface area contributed by atoms with Crippen LogP contribution in [0.25, 0.3) is 0 Å².